The molecule has 150 valence electrons. The lowest BCUT2D eigenvalue weighted by Crippen LogP contribution is -2.15. The Bertz CT molecular complexity index is 1050. The van der Waals surface area contributed by atoms with Crippen LogP contribution in [0.25, 0.3) is 10.6 Å². The first kappa shape index (κ1) is 20.5. The molecule has 0 N–H and O–H groups in total. The molecule has 0 amide bonds. The van der Waals surface area contributed by atoms with E-state index in [1.165, 1.54) is 11.3 Å². The Morgan fingerprint density at radius 3 is 2.43 bits per heavy atom. The van der Waals surface area contributed by atoms with Gasteiger partial charge in [0.1, 0.15) is 16.0 Å². The molecule has 1 unspecified atom stereocenters. The lowest BCUT2D eigenvalue weighted by Gasteiger charge is -2.11. The van der Waals surface area contributed by atoms with Gasteiger partial charge in [0, 0.05) is 16.4 Å². The first-order valence-corrected chi connectivity index (χ1v) is 11.3. The molecule has 3 aromatic rings. The summed E-state index contributed by atoms with van der Waals surface area (Å²) < 4.78 is 36.0. The van der Waals surface area contributed by atoms with Crippen molar-refractivity contribution >= 4 is 21.2 Å². The second-order valence-corrected chi connectivity index (χ2v) is 10.7. The second kappa shape index (κ2) is 7.63. The van der Waals surface area contributed by atoms with Crippen molar-refractivity contribution in [3.63, 3.8) is 0 Å². The lowest BCUT2D eigenvalue weighted by molar-refractivity contribution is 0.361. The normalized spacial score (nSPS) is 13.5. The van der Waals surface area contributed by atoms with Gasteiger partial charge in [-0.15, -0.1) is 11.3 Å². The van der Waals surface area contributed by atoms with E-state index in [0.29, 0.717) is 11.5 Å². The smallest absolute Gasteiger partial charge is 0.244 e. The zero-order valence-electron chi connectivity index (χ0n) is 16.5. The molecule has 1 atom stereocenters. The van der Waals surface area contributed by atoms with E-state index in [-0.39, 0.29) is 17.1 Å². The Balaban J connectivity index is 1.77. The third kappa shape index (κ3) is 4.41. The van der Waals surface area contributed by atoms with E-state index in [1.807, 2.05) is 45.0 Å². The molecule has 28 heavy (non-hydrogen) atoms. The molecule has 0 aliphatic carbocycles. The first-order valence-electron chi connectivity index (χ1n) is 8.74. The van der Waals surface area contributed by atoms with Crippen molar-refractivity contribution in [2.45, 2.75) is 44.1 Å². The van der Waals surface area contributed by atoms with Crippen LogP contribution in [-0.4, -0.2) is 30.7 Å². The highest BCUT2D eigenvalue weighted by Crippen LogP contribution is 2.30. The fourth-order valence-electron chi connectivity index (χ4n) is 2.43. The summed E-state index contributed by atoms with van der Waals surface area (Å²) >= 11 is 1.40. The molecule has 9 heteroatoms. The van der Waals surface area contributed by atoms with E-state index in [4.69, 9.17) is 9.26 Å². The minimum Gasteiger partial charge on any atom is -0.497 e. The highest BCUT2D eigenvalue weighted by atomic mass is 32.2. The zero-order valence-corrected chi connectivity index (χ0v) is 18.1. The maximum atomic E-state index is 12.8. The van der Waals surface area contributed by atoms with Crippen molar-refractivity contribution in [1.29, 1.82) is 0 Å². The van der Waals surface area contributed by atoms with Crippen LogP contribution >= 0.6 is 11.3 Å². The highest BCUT2D eigenvalue weighted by Gasteiger charge is 2.31. The Morgan fingerprint density at radius 2 is 1.86 bits per heavy atom. The van der Waals surface area contributed by atoms with Gasteiger partial charge in [0.15, 0.2) is 15.7 Å². The molecule has 7 nitrogen and oxygen atoms in total. The van der Waals surface area contributed by atoms with Gasteiger partial charge >= 0.3 is 0 Å². The molecule has 0 saturated heterocycles. The standard InChI is InChI=1S/C19H23N3O4S2/c1-12(16-21-18(22-26-16)19(2,3)4)28(23,24)11-14-10-27-17(20-14)13-6-8-15(25-5)9-7-13/h6-10,12H,11H2,1-5H3. The van der Waals surface area contributed by atoms with Crippen LogP contribution < -0.4 is 4.74 Å². The number of methoxy groups -OCH3 is 1. The average Bonchev–Trinajstić information content (AvgIpc) is 3.30. The SMILES string of the molecule is COc1ccc(-c2nc(CS(=O)(=O)C(C)c3nc(C(C)(C)C)no3)cs2)cc1. The van der Waals surface area contributed by atoms with Crippen LogP contribution in [0.3, 0.4) is 0 Å². The third-order valence-corrected chi connectivity index (χ3v) is 7.15. The molecule has 0 fully saturated rings. The Labute approximate surface area is 168 Å². The molecular formula is C19H23N3O4S2. The highest BCUT2D eigenvalue weighted by molar-refractivity contribution is 7.90. The van der Waals surface area contributed by atoms with E-state index in [0.717, 1.165) is 16.3 Å². The molecule has 0 aliphatic rings. The van der Waals surface area contributed by atoms with E-state index in [2.05, 4.69) is 15.1 Å². The second-order valence-electron chi connectivity index (χ2n) is 7.53. The topological polar surface area (TPSA) is 95.2 Å². The van der Waals surface area contributed by atoms with Gasteiger partial charge in [-0.3, -0.25) is 0 Å². The third-order valence-electron chi connectivity index (χ3n) is 4.24. The number of aromatic nitrogens is 3. The van der Waals surface area contributed by atoms with Crippen LogP contribution in [0, 0.1) is 0 Å². The fourth-order valence-corrected chi connectivity index (χ4v) is 4.57. The average molecular weight is 422 g/mol. The number of sulfone groups is 1. The van der Waals surface area contributed by atoms with Gasteiger partial charge in [-0.2, -0.15) is 4.98 Å². The summed E-state index contributed by atoms with van der Waals surface area (Å²) in [6.45, 7) is 7.39. The summed E-state index contributed by atoms with van der Waals surface area (Å²) in [7, 11) is -1.94. The summed E-state index contributed by atoms with van der Waals surface area (Å²) in [6, 6.07) is 7.48. The fraction of sp³-hybridized carbons (Fsp3) is 0.421. The van der Waals surface area contributed by atoms with E-state index in [1.54, 1.807) is 19.4 Å². The van der Waals surface area contributed by atoms with Gasteiger partial charge in [0.25, 0.3) is 0 Å². The Kier molecular flexibility index (Phi) is 5.58. The summed E-state index contributed by atoms with van der Waals surface area (Å²) in [5.74, 6) is 1.16. The van der Waals surface area contributed by atoms with Gasteiger partial charge in [0.05, 0.1) is 18.6 Å². The Morgan fingerprint density at radius 1 is 1.18 bits per heavy atom. The largest absolute Gasteiger partial charge is 0.497 e. The molecule has 0 spiro atoms. The quantitative estimate of drug-likeness (QED) is 0.589. The number of thiazole rings is 1. The molecule has 1 aromatic carbocycles. The number of nitrogens with zero attached hydrogens (tertiary/aromatic N) is 3. The number of benzene rings is 1. The van der Waals surface area contributed by atoms with Crippen molar-refractivity contribution in [3.05, 3.63) is 47.1 Å². The predicted molar refractivity (Wildman–Crippen MR) is 108 cm³/mol. The molecule has 0 bridgehead atoms. The van der Waals surface area contributed by atoms with Gasteiger partial charge in [0.2, 0.25) is 5.89 Å². The number of hydrogen-bond acceptors (Lipinski definition) is 8. The van der Waals surface area contributed by atoms with Gasteiger partial charge in [-0.25, -0.2) is 13.4 Å². The summed E-state index contributed by atoms with van der Waals surface area (Å²) in [6.07, 6.45) is 0. The molecular weight excluding hydrogens is 398 g/mol. The van der Waals surface area contributed by atoms with Gasteiger partial charge in [-0.1, -0.05) is 25.9 Å². The monoisotopic (exact) mass is 421 g/mol. The van der Waals surface area contributed by atoms with Crippen LogP contribution in [0.15, 0.2) is 34.2 Å². The van der Waals surface area contributed by atoms with Crippen LogP contribution in [-0.2, 0) is 21.0 Å². The van der Waals surface area contributed by atoms with Crippen molar-refractivity contribution in [2.24, 2.45) is 0 Å². The van der Waals surface area contributed by atoms with Gasteiger partial charge < -0.3 is 9.26 Å². The van der Waals surface area contributed by atoms with Crippen molar-refractivity contribution in [2.75, 3.05) is 7.11 Å². The van der Waals surface area contributed by atoms with Crippen LogP contribution in [0.5, 0.6) is 5.75 Å². The summed E-state index contributed by atoms with van der Waals surface area (Å²) in [5, 5.41) is 5.53. The van der Waals surface area contributed by atoms with E-state index >= 15 is 0 Å². The van der Waals surface area contributed by atoms with Crippen molar-refractivity contribution in [3.8, 4) is 16.3 Å². The molecule has 2 aromatic heterocycles. The van der Waals surface area contributed by atoms with Gasteiger partial charge in [-0.05, 0) is 31.2 Å². The minimum atomic E-state index is -3.55. The molecule has 3 rings (SSSR count). The van der Waals surface area contributed by atoms with E-state index in [9.17, 15) is 8.42 Å². The molecule has 0 radical (unpaired) electrons. The number of hydrogen-bond donors (Lipinski definition) is 0. The maximum Gasteiger partial charge on any atom is 0.244 e. The number of ether oxygens (including phenoxy) is 1. The lowest BCUT2D eigenvalue weighted by atomic mass is 9.96. The predicted octanol–water partition coefficient (Wildman–Crippen LogP) is 4.18. The molecule has 0 saturated carbocycles. The maximum absolute atomic E-state index is 12.8. The minimum absolute atomic E-state index is 0.107. The molecule has 2 heterocycles. The summed E-state index contributed by atoms with van der Waals surface area (Å²) in [4.78, 5) is 8.75. The van der Waals surface area contributed by atoms with Crippen LogP contribution in [0.4, 0.5) is 0 Å². The zero-order chi connectivity index (χ0) is 20.5. The van der Waals surface area contributed by atoms with E-state index < -0.39 is 15.1 Å². The van der Waals surface area contributed by atoms with Crippen LogP contribution in [0.1, 0.15) is 50.4 Å². The van der Waals surface area contributed by atoms with Crippen molar-refractivity contribution in [1.82, 2.24) is 15.1 Å². The van der Waals surface area contributed by atoms with Crippen LogP contribution in [0.2, 0.25) is 0 Å². The Hall–Kier alpha value is -2.26. The molecule has 0 aliphatic heterocycles. The number of rotatable bonds is 6. The summed E-state index contributed by atoms with van der Waals surface area (Å²) in [5.41, 5.74) is 1.10. The first-order chi connectivity index (χ1) is 13.1. The van der Waals surface area contributed by atoms with Crippen molar-refractivity contribution < 1.29 is 17.7 Å².